The number of rotatable bonds is 4. The maximum atomic E-state index is 12.8. The number of hydrogen-bond donors (Lipinski definition) is 2. The third-order valence-corrected chi connectivity index (χ3v) is 4.86. The molecule has 3 rings (SSSR count). The number of halogens is 4. The van der Waals surface area contributed by atoms with Gasteiger partial charge in [0.2, 0.25) is 5.91 Å². The summed E-state index contributed by atoms with van der Waals surface area (Å²) in [5, 5.41) is 6.12. The van der Waals surface area contributed by atoms with Crippen LogP contribution in [0.4, 0.5) is 8.78 Å². The highest BCUT2D eigenvalue weighted by molar-refractivity contribution is 5.85. The summed E-state index contributed by atoms with van der Waals surface area (Å²) in [6.07, 6.45) is 6.71. The van der Waals surface area contributed by atoms with Gasteiger partial charge in [-0.05, 0) is 25.3 Å². The summed E-state index contributed by atoms with van der Waals surface area (Å²) in [5.74, 6) is 0.523. The van der Waals surface area contributed by atoms with Crippen molar-refractivity contribution in [3.05, 3.63) is 18.2 Å². The molecule has 0 spiro atoms. The average molecular weight is 371 g/mol. The first-order valence-electron chi connectivity index (χ1n) is 7.42. The van der Waals surface area contributed by atoms with Crippen molar-refractivity contribution in [2.24, 2.45) is 11.3 Å². The maximum Gasteiger partial charge on any atom is 0.319 e. The highest BCUT2D eigenvalue weighted by Crippen LogP contribution is 2.43. The Morgan fingerprint density at radius 3 is 3.00 bits per heavy atom. The molecule has 1 saturated carbocycles. The Kier molecular flexibility index (Phi) is 7.23. The monoisotopic (exact) mass is 370 g/mol. The highest BCUT2D eigenvalue weighted by Gasteiger charge is 2.49. The van der Waals surface area contributed by atoms with Gasteiger partial charge in [0.15, 0.2) is 0 Å². The first-order valence-corrected chi connectivity index (χ1v) is 7.42. The van der Waals surface area contributed by atoms with Crippen LogP contribution in [-0.2, 0) is 11.3 Å². The van der Waals surface area contributed by atoms with E-state index in [1.165, 1.54) is 12.4 Å². The van der Waals surface area contributed by atoms with Crippen molar-refractivity contribution in [1.29, 1.82) is 0 Å². The molecule has 2 N–H and O–H groups in total. The zero-order valence-electron chi connectivity index (χ0n) is 12.6. The lowest BCUT2D eigenvalue weighted by Crippen LogP contribution is -2.47. The van der Waals surface area contributed by atoms with Gasteiger partial charge in [-0.25, -0.2) is 4.98 Å². The summed E-state index contributed by atoms with van der Waals surface area (Å²) in [4.78, 5) is 16.5. The van der Waals surface area contributed by atoms with E-state index in [1.807, 2.05) is 0 Å². The van der Waals surface area contributed by atoms with E-state index in [0.29, 0.717) is 12.5 Å². The Hall–Kier alpha value is -0.920. The molecular weight excluding hydrogens is 349 g/mol. The van der Waals surface area contributed by atoms with Gasteiger partial charge in [-0.2, -0.15) is 8.78 Å². The predicted octanol–water partition coefficient (Wildman–Crippen LogP) is 2.52. The number of imidazole rings is 1. The molecule has 2 aliphatic rings. The van der Waals surface area contributed by atoms with Crippen LogP contribution in [0.25, 0.3) is 0 Å². The maximum absolute atomic E-state index is 12.8. The molecule has 0 radical (unpaired) electrons. The van der Waals surface area contributed by atoms with Gasteiger partial charge >= 0.3 is 6.55 Å². The van der Waals surface area contributed by atoms with Crippen LogP contribution in [0.3, 0.4) is 0 Å². The second-order valence-electron chi connectivity index (χ2n) is 5.94. The van der Waals surface area contributed by atoms with Crippen molar-refractivity contribution in [1.82, 2.24) is 20.2 Å². The lowest BCUT2D eigenvalue weighted by Gasteiger charge is -2.37. The fourth-order valence-electron chi connectivity index (χ4n) is 3.68. The van der Waals surface area contributed by atoms with E-state index in [4.69, 9.17) is 0 Å². The topological polar surface area (TPSA) is 59.0 Å². The van der Waals surface area contributed by atoms with Crippen LogP contribution in [0, 0.1) is 11.3 Å². The van der Waals surface area contributed by atoms with E-state index >= 15 is 0 Å². The molecule has 2 fully saturated rings. The van der Waals surface area contributed by atoms with E-state index in [1.54, 1.807) is 0 Å². The number of hydrogen-bond acceptors (Lipinski definition) is 3. The summed E-state index contributed by atoms with van der Waals surface area (Å²) in [6.45, 7) is -1.02. The second kappa shape index (κ2) is 8.26. The summed E-state index contributed by atoms with van der Waals surface area (Å²) in [6, 6.07) is 0. The molecule has 0 bridgehead atoms. The lowest BCUT2D eigenvalue weighted by molar-refractivity contribution is -0.134. The van der Waals surface area contributed by atoms with Gasteiger partial charge in [-0.1, -0.05) is 12.8 Å². The molecule has 2 heterocycles. The number of nitrogens with one attached hydrogen (secondary N) is 2. The molecule has 2 atom stereocenters. The van der Waals surface area contributed by atoms with E-state index in [0.717, 1.165) is 36.8 Å². The van der Waals surface area contributed by atoms with Crippen molar-refractivity contribution in [3.63, 3.8) is 0 Å². The van der Waals surface area contributed by atoms with Crippen LogP contribution in [-0.4, -0.2) is 28.5 Å². The van der Waals surface area contributed by atoms with E-state index in [-0.39, 0.29) is 48.5 Å². The summed E-state index contributed by atoms with van der Waals surface area (Å²) in [7, 11) is 0. The summed E-state index contributed by atoms with van der Waals surface area (Å²) in [5.41, 5.74) is -0.361. The third-order valence-electron chi connectivity index (χ3n) is 4.86. The Morgan fingerprint density at radius 1 is 1.48 bits per heavy atom. The molecule has 1 amide bonds. The smallest absolute Gasteiger partial charge is 0.319 e. The normalized spacial score (nSPS) is 26.1. The SMILES string of the molecule is Cl.Cl.O=C(NCc1nccn1C(F)F)[C@@]12CCCC[C@H]1CNC2. The quantitative estimate of drug-likeness (QED) is 0.855. The lowest BCUT2D eigenvalue weighted by atomic mass is 9.67. The van der Waals surface area contributed by atoms with Gasteiger partial charge in [0, 0.05) is 18.9 Å². The Morgan fingerprint density at radius 2 is 2.26 bits per heavy atom. The van der Waals surface area contributed by atoms with E-state index < -0.39 is 6.55 Å². The second-order valence-corrected chi connectivity index (χ2v) is 5.94. The van der Waals surface area contributed by atoms with Crippen molar-refractivity contribution in [2.45, 2.75) is 38.8 Å². The molecule has 5 nitrogen and oxygen atoms in total. The standard InChI is InChI=1S/C14H20F2N4O.2ClH/c15-13(16)20-6-5-18-11(20)8-19-12(21)14-4-2-1-3-10(14)7-17-9-14;;/h5-6,10,13,17H,1-4,7-9H2,(H,19,21);2*1H/t10-,14+;;/m0../s1. The Bertz CT molecular complexity index is 529. The fraction of sp³-hybridized carbons (Fsp3) is 0.714. The number of carbonyl (C=O) groups excluding carboxylic acids is 1. The van der Waals surface area contributed by atoms with Crippen LogP contribution in [0.5, 0.6) is 0 Å². The third kappa shape index (κ3) is 3.78. The first-order chi connectivity index (χ1) is 10.1. The number of carbonyl (C=O) groups is 1. The molecular formula is C14H22Cl2F2N4O. The number of amides is 1. The number of aromatic nitrogens is 2. The van der Waals surface area contributed by atoms with Crippen LogP contribution in [0.15, 0.2) is 12.4 Å². The zero-order chi connectivity index (χ0) is 14.9. The first kappa shape index (κ1) is 20.1. The number of nitrogens with zero attached hydrogens (tertiary/aromatic N) is 2. The molecule has 0 unspecified atom stereocenters. The van der Waals surface area contributed by atoms with Crippen LogP contribution >= 0.6 is 24.8 Å². The molecule has 1 aromatic heterocycles. The average Bonchev–Trinajstić information content (AvgIpc) is 3.11. The molecule has 1 aliphatic carbocycles. The van der Waals surface area contributed by atoms with Gasteiger partial charge in [-0.3, -0.25) is 9.36 Å². The van der Waals surface area contributed by atoms with Gasteiger partial charge in [0.05, 0.1) is 12.0 Å². The van der Waals surface area contributed by atoms with Crippen molar-refractivity contribution < 1.29 is 13.6 Å². The minimum Gasteiger partial charge on any atom is -0.348 e. The van der Waals surface area contributed by atoms with Gasteiger partial charge in [0.25, 0.3) is 0 Å². The molecule has 1 aromatic rings. The molecule has 0 aromatic carbocycles. The fourth-order valence-corrected chi connectivity index (χ4v) is 3.68. The predicted molar refractivity (Wildman–Crippen MR) is 87.1 cm³/mol. The molecule has 1 saturated heterocycles. The number of fused-ring (bicyclic) bond motifs is 1. The number of alkyl halides is 2. The van der Waals surface area contributed by atoms with Crippen LogP contribution in [0.1, 0.15) is 38.1 Å². The van der Waals surface area contributed by atoms with Crippen LogP contribution in [0.2, 0.25) is 0 Å². The van der Waals surface area contributed by atoms with Crippen LogP contribution < -0.4 is 10.6 Å². The van der Waals surface area contributed by atoms with Crippen molar-refractivity contribution in [2.75, 3.05) is 13.1 Å². The molecule has 132 valence electrons. The van der Waals surface area contributed by atoms with Crippen molar-refractivity contribution >= 4 is 30.7 Å². The van der Waals surface area contributed by atoms with Gasteiger partial charge < -0.3 is 10.6 Å². The summed E-state index contributed by atoms with van der Waals surface area (Å²) >= 11 is 0. The van der Waals surface area contributed by atoms with Gasteiger partial charge in [-0.15, -0.1) is 24.8 Å². The Balaban J connectivity index is 0.00000132. The summed E-state index contributed by atoms with van der Waals surface area (Å²) < 4.78 is 26.3. The van der Waals surface area contributed by atoms with E-state index in [2.05, 4.69) is 15.6 Å². The molecule has 1 aliphatic heterocycles. The Labute approximate surface area is 146 Å². The molecule has 9 heteroatoms. The minimum atomic E-state index is -2.63. The molecule has 23 heavy (non-hydrogen) atoms. The minimum absolute atomic E-state index is 0. The zero-order valence-corrected chi connectivity index (χ0v) is 14.3. The highest BCUT2D eigenvalue weighted by atomic mass is 35.5. The van der Waals surface area contributed by atoms with E-state index in [9.17, 15) is 13.6 Å². The van der Waals surface area contributed by atoms with Crippen molar-refractivity contribution in [3.8, 4) is 0 Å². The van der Waals surface area contributed by atoms with Gasteiger partial charge in [0.1, 0.15) is 5.82 Å². The largest absolute Gasteiger partial charge is 0.348 e.